The van der Waals surface area contributed by atoms with Crippen molar-refractivity contribution in [2.75, 3.05) is 25.0 Å². The summed E-state index contributed by atoms with van der Waals surface area (Å²) in [5, 5.41) is 3.27. The van der Waals surface area contributed by atoms with Crippen molar-refractivity contribution < 1.29 is 0 Å². The Morgan fingerprint density at radius 1 is 1.56 bits per heavy atom. The van der Waals surface area contributed by atoms with Gasteiger partial charge in [-0.3, -0.25) is 0 Å². The second-order valence-electron chi connectivity index (χ2n) is 4.09. The molecule has 16 heavy (non-hydrogen) atoms. The summed E-state index contributed by atoms with van der Waals surface area (Å²) >= 11 is 2.31. The molecule has 1 saturated heterocycles. The monoisotopic (exact) mass is 332 g/mol. The maximum Gasteiger partial charge on any atom is 0.145 e. The molecule has 5 heteroatoms. The smallest absolute Gasteiger partial charge is 0.145 e. The molecule has 0 saturated carbocycles. The third-order valence-electron chi connectivity index (χ3n) is 2.99. The molecule has 0 aliphatic carbocycles. The summed E-state index contributed by atoms with van der Waals surface area (Å²) in [6, 6.07) is 0.571. The van der Waals surface area contributed by atoms with E-state index in [1.165, 1.54) is 19.3 Å². The molecule has 1 atom stereocenters. The molecule has 0 bridgehead atoms. The summed E-state index contributed by atoms with van der Waals surface area (Å²) < 4.78 is 1.14. The van der Waals surface area contributed by atoms with Gasteiger partial charge in [0.1, 0.15) is 12.1 Å². The molecule has 1 N–H and O–H groups in total. The summed E-state index contributed by atoms with van der Waals surface area (Å²) in [4.78, 5) is 10.9. The van der Waals surface area contributed by atoms with Crippen molar-refractivity contribution in [3.05, 3.63) is 16.1 Å². The summed E-state index contributed by atoms with van der Waals surface area (Å²) in [6.45, 7) is 2.14. The van der Waals surface area contributed by atoms with Crippen molar-refractivity contribution in [1.29, 1.82) is 0 Å². The fourth-order valence-electron chi connectivity index (χ4n) is 2.24. The summed E-state index contributed by atoms with van der Waals surface area (Å²) in [5.41, 5.74) is 0. The first-order valence-electron chi connectivity index (χ1n) is 5.69. The first kappa shape index (κ1) is 12.0. The zero-order valence-corrected chi connectivity index (χ0v) is 11.6. The van der Waals surface area contributed by atoms with Crippen molar-refractivity contribution in [3.63, 3.8) is 0 Å². The molecule has 1 aromatic rings. The SMILES string of the molecule is CNCC1CCCCN1c1ncncc1I. The van der Waals surface area contributed by atoms with E-state index in [0.717, 1.165) is 22.5 Å². The lowest BCUT2D eigenvalue weighted by Gasteiger charge is -2.37. The molecule has 0 amide bonds. The number of hydrogen-bond donors (Lipinski definition) is 1. The van der Waals surface area contributed by atoms with E-state index in [9.17, 15) is 0 Å². The van der Waals surface area contributed by atoms with Crippen molar-refractivity contribution >= 4 is 28.4 Å². The van der Waals surface area contributed by atoms with E-state index in [-0.39, 0.29) is 0 Å². The molecule has 0 aromatic carbocycles. The Kier molecular flexibility index (Phi) is 4.34. The van der Waals surface area contributed by atoms with Crippen LogP contribution in [0.2, 0.25) is 0 Å². The molecule has 1 unspecified atom stereocenters. The van der Waals surface area contributed by atoms with Crippen LogP contribution in [0.3, 0.4) is 0 Å². The second kappa shape index (κ2) is 5.77. The molecular weight excluding hydrogens is 315 g/mol. The highest BCUT2D eigenvalue weighted by atomic mass is 127. The van der Waals surface area contributed by atoms with Crippen molar-refractivity contribution in [2.24, 2.45) is 0 Å². The van der Waals surface area contributed by atoms with E-state index in [2.05, 4.69) is 42.8 Å². The Hall–Kier alpha value is -0.430. The van der Waals surface area contributed by atoms with Crippen LogP contribution in [0.4, 0.5) is 5.82 Å². The minimum atomic E-state index is 0.571. The van der Waals surface area contributed by atoms with Crippen LogP contribution >= 0.6 is 22.6 Å². The lowest BCUT2D eigenvalue weighted by molar-refractivity contribution is 0.442. The number of likely N-dealkylation sites (N-methyl/N-ethyl adjacent to an activating group) is 1. The Bertz CT molecular complexity index is 343. The van der Waals surface area contributed by atoms with Crippen LogP contribution in [-0.2, 0) is 0 Å². The normalized spacial score (nSPS) is 21.1. The zero-order valence-electron chi connectivity index (χ0n) is 9.49. The standard InChI is InChI=1S/C11H17IN4/c1-13-6-9-4-2-3-5-16(9)11-10(12)7-14-8-15-11/h7-9,13H,2-6H2,1H3. The minimum absolute atomic E-state index is 0.571. The van der Waals surface area contributed by atoms with Crippen molar-refractivity contribution in [2.45, 2.75) is 25.3 Å². The average molecular weight is 332 g/mol. The van der Waals surface area contributed by atoms with Gasteiger partial charge in [0.25, 0.3) is 0 Å². The van der Waals surface area contributed by atoms with Crippen LogP contribution in [0.5, 0.6) is 0 Å². The van der Waals surface area contributed by atoms with Crippen LogP contribution in [0.25, 0.3) is 0 Å². The van der Waals surface area contributed by atoms with Gasteiger partial charge in [-0.05, 0) is 48.9 Å². The van der Waals surface area contributed by atoms with Crippen LogP contribution in [-0.4, -0.2) is 36.1 Å². The number of nitrogens with one attached hydrogen (secondary N) is 1. The Labute approximate surface area is 110 Å². The fraction of sp³-hybridized carbons (Fsp3) is 0.636. The van der Waals surface area contributed by atoms with Gasteiger partial charge in [-0.15, -0.1) is 0 Å². The Morgan fingerprint density at radius 3 is 3.19 bits per heavy atom. The third-order valence-corrected chi connectivity index (χ3v) is 3.75. The van der Waals surface area contributed by atoms with Crippen LogP contribution in [0.15, 0.2) is 12.5 Å². The van der Waals surface area contributed by atoms with E-state index in [1.54, 1.807) is 6.33 Å². The Morgan fingerprint density at radius 2 is 2.44 bits per heavy atom. The summed E-state index contributed by atoms with van der Waals surface area (Å²) in [6.07, 6.45) is 7.36. The van der Waals surface area contributed by atoms with Crippen molar-refractivity contribution in [1.82, 2.24) is 15.3 Å². The number of aromatic nitrogens is 2. The van der Waals surface area contributed by atoms with E-state index < -0.39 is 0 Å². The summed E-state index contributed by atoms with van der Waals surface area (Å²) in [5.74, 6) is 1.09. The molecule has 0 radical (unpaired) electrons. The topological polar surface area (TPSA) is 41.0 Å². The van der Waals surface area contributed by atoms with E-state index in [4.69, 9.17) is 0 Å². The van der Waals surface area contributed by atoms with E-state index in [0.29, 0.717) is 6.04 Å². The van der Waals surface area contributed by atoms with Gasteiger partial charge in [-0.2, -0.15) is 0 Å². The molecule has 88 valence electrons. The van der Waals surface area contributed by atoms with Crippen LogP contribution < -0.4 is 10.2 Å². The quantitative estimate of drug-likeness (QED) is 0.855. The van der Waals surface area contributed by atoms with Crippen LogP contribution in [0, 0.1) is 3.57 Å². The highest BCUT2D eigenvalue weighted by Crippen LogP contribution is 2.25. The number of piperidine rings is 1. The number of rotatable bonds is 3. The van der Waals surface area contributed by atoms with Gasteiger partial charge in [0.05, 0.1) is 3.57 Å². The predicted molar refractivity (Wildman–Crippen MR) is 73.7 cm³/mol. The number of halogens is 1. The maximum absolute atomic E-state index is 4.41. The lowest BCUT2D eigenvalue weighted by atomic mass is 10.0. The molecule has 2 heterocycles. The second-order valence-corrected chi connectivity index (χ2v) is 5.26. The molecule has 1 aliphatic heterocycles. The number of hydrogen-bond acceptors (Lipinski definition) is 4. The van der Waals surface area contributed by atoms with Gasteiger partial charge in [0.15, 0.2) is 0 Å². The number of anilines is 1. The van der Waals surface area contributed by atoms with Gasteiger partial charge in [0.2, 0.25) is 0 Å². The molecule has 1 fully saturated rings. The summed E-state index contributed by atoms with van der Waals surface area (Å²) in [7, 11) is 2.01. The lowest BCUT2D eigenvalue weighted by Crippen LogP contribution is -2.45. The first-order valence-corrected chi connectivity index (χ1v) is 6.77. The first-order chi connectivity index (χ1) is 7.83. The highest BCUT2D eigenvalue weighted by Gasteiger charge is 2.24. The molecular formula is C11H17IN4. The largest absolute Gasteiger partial charge is 0.351 e. The molecule has 0 spiro atoms. The predicted octanol–water partition coefficient (Wildman–Crippen LogP) is 1.66. The van der Waals surface area contributed by atoms with Gasteiger partial charge in [-0.25, -0.2) is 9.97 Å². The molecule has 1 aromatic heterocycles. The maximum atomic E-state index is 4.41. The van der Waals surface area contributed by atoms with Gasteiger partial charge in [-0.1, -0.05) is 0 Å². The van der Waals surface area contributed by atoms with Gasteiger partial charge >= 0.3 is 0 Å². The van der Waals surface area contributed by atoms with E-state index >= 15 is 0 Å². The molecule has 2 rings (SSSR count). The van der Waals surface area contributed by atoms with Gasteiger partial charge in [0, 0.05) is 25.3 Å². The third kappa shape index (κ3) is 2.63. The van der Waals surface area contributed by atoms with Crippen LogP contribution in [0.1, 0.15) is 19.3 Å². The minimum Gasteiger partial charge on any atom is -0.351 e. The van der Waals surface area contributed by atoms with Gasteiger partial charge < -0.3 is 10.2 Å². The Balaban J connectivity index is 2.19. The molecule has 4 nitrogen and oxygen atoms in total. The highest BCUT2D eigenvalue weighted by molar-refractivity contribution is 14.1. The van der Waals surface area contributed by atoms with Crippen molar-refractivity contribution in [3.8, 4) is 0 Å². The average Bonchev–Trinajstić information content (AvgIpc) is 2.31. The molecule has 1 aliphatic rings. The fourth-order valence-corrected chi connectivity index (χ4v) is 2.85. The number of nitrogens with zero attached hydrogens (tertiary/aromatic N) is 3. The van der Waals surface area contributed by atoms with E-state index in [1.807, 2.05) is 13.2 Å². The zero-order chi connectivity index (χ0) is 11.4.